The Morgan fingerprint density at radius 1 is 0.658 bits per heavy atom. The van der Waals surface area contributed by atoms with Gasteiger partial charge in [-0.1, -0.05) is 70.4 Å². The molecule has 2 heterocycles. The first-order valence-electron chi connectivity index (χ1n) is 11.8. The van der Waals surface area contributed by atoms with Gasteiger partial charge in [-0.15, -0.1) is 10.2 Å². The quantitative estimate of drug-likeness (QED) is 0.260. The van der Waals surface area contributed by atoms with Crippen LogP contribution in [0.25, 0.3) is 0 Å². The number of carbonyl (C=O) groups excluding carboxylic acids is 3. The highest BCUT2D eigenvalue weighted by Gasteiger charge is 2.21. The van der Waals surface area contributed by atoms with Crippen LogP contribution in [0.4, 0.5) is 0 Å². The van der Waals surface area contributed by atoms with Crippen molar-refractivity contribution in [2.75, 3.05) is 13.2 Å². The van der Waals surface area contributed by atoms with E-state index >= 15 is 0 Å². The van der Waals surface area contributed by atoms with E-state index in [9.17, 15) is 14.4 Å². The maximum absolute atomic E-state index is 12.6. The number of benzene rings is 2. The number of rotatable bonds is 12. The van der Waals surface area contributed by atoms with E-state index in [0.717, 1.165) is 20.8 Å². The Morgan fingerprint density at radius 3 is 1.45 bits per heavy atom. The van der Waals surface area contributed by atoms with Gasteiger partial charge in [-0.2, -0.15) is 0 Å². The summed E-state index contributed by atoms with van der Waals surface area (Å²) >= 11 is 0. The van der Waals surface area contributed by atoms with Crippen molar-refractivity contribution in [2.45, 2.75) is 26.1 Å². The minimum Gasteiger partial charge on any atom is -0.453 e. The van der Waals surface area contributed by atoms with Crippen molar-refractivity contribution < 1.29 is 33.5 Å². The smallest absolute Gasteiger partial charge is 0.361 e. The Balaban J connectivity index is 1.27. The number of Topliss-reactive ketones (excluding diaryl/α,β-unsaturated/α-hetero) is 1. The molecule has 0 N–H and O–H groups in total. The summed E-state index contributed by atoms with van der Waals surface area (Å²) in [5.74, 6) is -1.82. The van der Waals surface area contributed by atoms with Crippen molar-refractivity contribution in [1.82, 2.24) is 19.9 Å². The number of carbonyl (C=O) groups is 3. The largest absolute Gasteiger partial charge is 0.453 e. The van der Waals surface area contributed by atoms with Gasteiger partial charge in [-0.25, -0.2) is 9.59 Å². The zero-order valence-electron chi connectivity index (χ0n) is 20.8. The summed E-state index contributed by atoms with van der Waals surface area (Å²) in [6.07, 6.45) is 1.71. The SMILES string of the molecule is CC(OC(=O)c1ccnn1OCC(=O)COn1nccc1C(=O)OC(C)c1ccccc1)c1ccccc1. The summed E-state index contributed by atoms with van der Waals surface area (Å²) in [6, 6.07) is 21.3. The first kappa shape index (κ1) is 26.1. The van der Waals surface area contributed by atoms with Crippen LogP contribution in [0.2, 0.25) is 0 Å². The van der Waals surface area contributed by atoms with E-state index in [-0.39, 0.29) is 11.4 Å². The molecule has 4 aromatic rings. The molecular weight excluding hydrogens is 492 g/mol. The summed E-state index contributed by atoms with van der Waals surface area (Å²) in [7, 11) is 0. The monoisotopic (exact) mass is 518 g/mol. The third-order valence-corrected chi connectivity index (χ3v) is 5.44. The van der Waals surface area contributed by atoms with Crippen LogP contribution in [0.3, 0.4) is 0 Å². The van der Waals surface area contributed by atoms with Crippen molar-refractivity contribution in [1.29, 1.82) is 0 Å². The van der Waals surface area contributed by atoms with Gasteiger partial charge in [0.25, 0.3) is 0 Å². The first-order valence-corrected chi connectivity index (χ1v) is 11.8. The molecule has 11 heteroatoms. The molecule has 2 aromatic carbocycles. The van der Waals surface area contributed by atoms with Crippen molar-refractivity contribution >= 4 is 17.7 Å². The van der Waals surface area contributed by atoms with E-state index < -0.39 is 43.1 Å². The zero-order chi connectivity index (χ0) is 26.9. The second-order valence-electron chi connectivity index (χ2n) is 8.18. The van der Waals surface area contributed by atoms with Crippen molar-refractivity contribution in [3.05, 3.63) is 108 Å². The lowest BCUT2D eigenvalue weighted by Gasteiger charge is -2.15. The summed E-state index contributed by atoms with van der Waals surface area (Å²) in [4.78, 5) is 50.0. The second-order valence-corrected chi connectivity index (χ2v) is 8.18. The second kappa shape index (κ2) is 12.3. The lowest BCUT2D eigenvalue weighted by Crippen LogP contribution is -2.31. The van der Waals surface area contributed by atoms with Crippen LogP contribution in [0, 0.1) is 0 Å². The van der Waals surface area contributed by atoms with Crippen LogP contribution >= 0.6 is 0 Å². The van der Waals surface area contributed by atoms with Gasteiger partial charge in [0.1, 0.15) is 12.2 Å². The number of hydrogen-bond acceptors (Lipinski definition) is 9. The van der Waals surface area contributed by atoms with Gasteiger partial charge in [0.2, 0.25) is 5.78 Å². The van der Waals surface area contributed by atoms with E-state index in [0.29, 0.717) is 0 Å². The molecule has 0 aliphatic heterocycles. The topological polar surface area (TPSA) is 124 Å². The first-order chi connectivity index (χ1) is 18.4. The van der Waals surface area contributed by atoms with E-state index in [1.54, 1.807) is 13.8 Å². The van der Waals surface area contributed by atoms with Crippen LogP contribution in [0.15, 0.2) is 85.2 Å². The lowest BCUT2D eigenvalue weighted by atomic mass is 10.1. The van der Waals surface area contributed by atoms with Crippen LogP contribution in [-0.4, -0.2) is 50.8 Å². The fourth-order valence-electron chi connectivity index (χ4n) is 3.41. The highest BCUT2D eigenvalue weighted by Crippen LogP contribution is 2.19. The summed E-state index contributed by atoms with van der Waals surface area (Å²) < 4.78 is 10.9. The van der Waals surface area contributed by atoms with Gasteiger partial charge in [-0.3, -0.25) is 4.79 Å². The minimum absolute atomic E-state index is 0.0196. The van der Waals surface area contributed by atoms with Gasteiger partial charge in [-0.05, 0) is 37.1 Å². The average Bonchev–Trinajstić information content (AvgIpc) is 3.61. The third kappa shape index (κ3) is 6.64. The maximum atomic E-state index is 12.6. The molecule has 0 spiro atoms. The Bertz CT molecular complexity index is 1260. The molecule has 0 saturated heterocycles. The number of hydrogen-bond donors (Lipinski definition) is 0. The van der Waals surface area contributed by atoms with Gasteiger partial charge in [0.05, 0.1) is 12.4 Å². The molecule has 0 amide bonds. The number of nitrogens with zero attached hydrogens (tertiary/aromatic N) is 4. The van der Waals surface area contributed by atoms with Crippen molar-refractivity contribution in [3.63, 3.8) is 0 Å². The molecule has 0 aliphatic carbocycles. The minimum atomic E-state index is -0.660. The summed E-state index contributed by atoms with van der Waals surface area (Å²) in [5.41, 5.74) is 1.70. The molecule has 0 radical (unpaired) electrons. The van der Waals surface area contributed by atoms with Gasteiger partial charge in [0, 0.05) is 0 Å². The van der Waals surface area contributed by atoms with Crippen molar-refractivity contribution in [2.24, 2.45) is 0 Å². The standard InChI is InChI=1S/C27H26N4O7/c1-19(21-9-5-3-6-10-21)37-26(33)24-13-15-28-30(24)35-17-23(32)18-36-31-25(14-16-29-31)27(34)38-20(2)22-11-7-4-8-12-22/h3-16,19-20H,17-18H2,1-2H3. The van der Waals surface area contributed by atoms with Crippen LogP contribution in [-0.2, 0) is 14.3 Å². The highest BCUT2D eigenvalue weighted by molar-refractivity contribution is 5.88. The van der Waals surface area contributed by atoms with E-state index in [1.807, 2.05) is 60.7 Å². The van der Waals surface area contributed by atoms with Crippen LogP contribution < -0.4 is 9.68 Å². The molecule has 2 atom stereocenters. The lowest BCUT2D eigenvalue weighted by molar-refractivity contribution is -0.130. The average molecular weight is 519 g/mol. The van der Waals surface area contributed by atoms with Crippen LogP contribution in [0.1, 0.15) is 58.2 Å². The fraction of sp³-hybridized carbons (Fsp3) is 0.222. The number of ketones is 1. The van der Waals surface area contributed by atoms with E-state index in [2.05, 4.69) is 10.2 Å². The van der Waals surface area contributed by atoms with E-state index in [4.69, 9.17) is 19.1 Å². The predicted molar refractivity (Wildman–Crippen MR) is 133 cm³/mol. The molecule has 2 aromatic heterocycles. The molecule has 0 saturated carbocycles. The molecule has 11 nitrogen and oxygen atoms in total. The van der Waals surface area contributed by atoms with Gasteiger partial charge < -0.3 is 19.1 Å². The molecule has 0 fully saturated rings. The highest BCUT2D eigenvalue weighted by atomic mass is 16.7. The maximum Gasteiger partial charge on any atom is 0.361 e. The molecule has 0 bridgehead atoms. The molecular formula is C27H26N4O7. The Kier molecular flexibility index (Phi) is 8.50. The summed E-state index contributed by atoms with van der Waals surface area (Å²) in [6.45, 7) is 2.58. The molecule has 2 unspecified atom stereocenters. The van der Waals surface area contributed by atoms with Gasteiger partial charge >= 0.3 is 11.9 Å². The number of aromatic nitrogens is 4. The normalized spacial score (nSPS) is 12.3. The molecule has 38 heavy (non-hydrogen) atoms. The zero-order valence-corrected chi connectivity index (χ0v) is 20.8. The number of ether oxygens (including phenoxy) is 2. The third-order valence-electron chi connectivity index (χ3n) is 5.44. The molecule has 196 valence electrons. The Hall–Kier alpha value is -4.93. The number of esters is 2. The Morgan fingerprint density at radius 2 is 1.05 bits per heavy atom. The van der Waals surface area contributed by atoms with Gasteiger partial charge in [0.15, 0.2) is 24.6 Å². The molecule has 0 aliphatic rings. The fourth-order valence-corrected chi connectivity index (χ4v) is 3.41. The van der Waals surface area contributed by atoms with E-state index in [1.165, 1.54) is 24.5 Å². The summed E-state index contributed by atoms with van der Waals surface area (Å²) in [5, 5.41) is 7.82. The Labute approximate surface area is 218 Å². The van der Waals surface area contributed by atoms with Crippen LogP contribution in [0.5, 0.6) is 0 Å². The molecule has 4 rings (SSSR count). The predicted octanol–water partition coefficient (Wildman–Crippen LogP) is 3.04. The van der Waals surface area contributed by atoms with Crippen molar-refractivity contribution in [3.8, 4) is 0 Å².